The fourth-order valence-electron chi connectivity index (χ4n) is 2.37. The first-order valence-corrected chi connectivity index (χ1v) is 8.92. The first-order valence-electron chi connectivity index (χ1n) is 7.48. The lowest BCUT2D eigenvalue weighted by molar-refractivity contribution is 0.0951. The molecule has 2 aromatic rings. The predicted octanol–water partition coefficient (Wildman–Crippen LogP) is 1.65. The van der Waals surface area contributed by atoms with Crippen LogP contribution in [0.4, 0.5) is 0 Å². The monoisotopic (exact) mass is 351 g/mol. The van der Waals surface area contributed by atoms with E-state index < -0.39 is 10.0 Å². The highest BCUT2D eigenvalue weighted by Crippen LogP contribution is 2.21. The molecule has 0 unspecified atom stereocenters. The summed E-state index contributed by atoms with van der Waals surface area (Å²) in [6.45, 7) is 5.33. The van der Waals surface area contributed by atoms with Crippen LogP contribution in [0.25, 0.3) is 0 Å². The quantitative estimate of drug-likeness (QED) is 0.854. The molecule has 0 saturated heterocycles. The minimum absolute atomic E-state index is 0.0789. The van der Waals surface area contributed by atoms with E-state index in [0.29, 0.717) is 11.3 Å². The summed E-state index contributed by atoms with van der Waals surface area (Å²) < 4.78 is 31.2. The normalized spacial score (nSPS) is 11.7. The Morgan fingerprint density at radius 2 is 1.92 bits per heavy atom. The zero-order valence-electron chi connectivity index (χ0n) is 14.2. The number of aromatic nitrogens is 1. The molecule has 1 aromatic carbocycles. The highest BCUT2D eigenvalue weighted by Gasteiger charge is 2.28. The lowest BCUT2D eigenvalue weighted by atomic mass is 10.1. The van der Waals surface area contributed by atoms with Gasteiger partial charge in [0.25, 0.3) is 5.91 Å². The van der Waals surface area contributed by atoms with Crippen molar-refractivity contribution in [1.82, 2.24) is 14.8 Å². The Labute approximate surface area is 141 Å². The molecule has 0 aliphatic heterocycles. The number of nitrogens with one attached hydrogen (secondary N) is 1. The van der Waals surface area contributed by atoms with Crippen molar-refractivity contribution in [2.24, 2.45) is 0 Å². The standard InChI is InChI=1S/C16H21N3O4S/c1-11-7-5-6-8-14(11)16(20)17-9-10-19(4)24(21,22)15-12(2)18-23-13(15)3/h5-8H,9-10H2,1-4H3,(H,17,20). The van der Waals surface area contributed by atoms with Crippen LogP contribution in [0.1, 0.15) is 27.4 Å². The molecule has 1 amide bonds. The number of nitrogens with zero attached hydrogens (tertiary/aromatic N) is 2. The highest BCUT2D eigenvalue weighted by molar-refractivity contribution is 7.89. The maximum atomic E-state index is 12.5. The fourth-order valence-corrected chi connectivity index (χ4v) is 3.82. The van der Waals surface area contributed by atoms with Crippen LogP contribution in [0.2, 0.25) is 0 Å². The lowest BCUT2D eigenvalue weighted by Gasteiger charge is -2.17. The number of hydrogen-bond donors (Lipinski definition) is 1. The van der Waals surface area contributed by atoms with Crippen LogP contribution in [-0.2, 0) is 10.0 Å². The zero-order valence-corrected chi connectivity index (χ0v) is 15.0. The molecular weight excluding hydrogens is 330 g/mol. The summed E-state index contributed by atoms with van der Waals surface area (Å²) in [6.07, 6.45) is 0. The highest BCUT2D eigenvalue weighted by atomic mass is 32.2. The van der Waals surface area contributed by atoms with Gasteiger partial charge in [-0.05, 0) is 32.4 Å². The average Bonchev–Trinajstić information content (AvgIpc) is 2.86. The predicted molar refractivity (Wildman–Crippen MR) is 89.3 cm³/mol. The molecule has 0 atom stereocenters. The number of carbonyl (C=O) groups is 1. The Morgan fingerprint density at radius 1 is 1.25 bits per heavy atom. The van der Waals surface area contributed by atoms with Crippen molar-refractivity contribution in [3.63, 3.8) is 0 Å². The Hall–Kier alpha value is -2.19. The number of benzene rings is 1. The van der Waals surface area contributed by atoms with Gasteiger partial charge < -0.3 is 9.84 Å². The number of rotatable bonds is 6. The Kier molecular flexibility index (Phi) is 5.40. The van der Waals surface area contributed by atoms with Gasteiger partial charge >= 0.3 is 0 Å². The molecule has 0 aliphatic carbocycles. The molecule has 0 fully saturated rings. The van der Waals surface area contributed by atoms with Crippen molar-refractivity contribution in [2.45, 2.75) is 25.7 Å². The zero-order chi connectivity index (χ0) is 17.9. The third kappa shape index (κ3) is 3.65. The first kappa shape index (κ1) is 18.2. The van der Waals surface area contributed by atoms with Gasteiger partial charge in [0.1, 0.15) is 10.6 Å². The van der Waals surface area contributed by atoms with Gasteiger partial charge in [-0.1, -0.05) is 23.4 Å². The molecule has 24 heavy (non-hydrogen) atoms. The lowest BCUT2D eigenvalue weighted by Crippen LogP contribution is -2.36. The smallest absolute Gasteiger partial charge is 0.251 e. The van der Waals surface area contributed by atoms with Gasteiger partial charge in [0.05, 0.1) is 0 Å². The molecule has 0 saturated carbocycles. The second-order valence-electron chi connectivity index (χ2n) is 5.55. The molecule has 0 bridgehead atoms. The number of likely N-dealkylation sites (N-methyl/N-ethyl adjacent to an activating group) is 1. The van der Waals surface area contributed by atoms with Crippen molar-refractivity contribution in [3.05, 3.63) is 46.8 Å². The van der Waals surface area contributed by atoms with Crippen LogP contribution >= 0.6 is 0 Å². The van der Waals surface area contributed by atoms with Gasteiger partial charge in [-0.15, -0.1) is 0 Å². The minimum Gasteiger partial charge on any atom is -0.360 e. The molecule has 7 nitrogen and oxygen atoms in total. The second-order valence-corrected chi connectivity index (χ2v) is 7.53. The van der Waals surface area contributed by atoms with E-state index >= 15 is 0 Å². The topological polar surface area (TPSA) is 92.5 Å². The van der Waals surface area contributed by atoms with Crippen LogP contribution in [0.3, 0.4) is 0 Å². The van der Waals surface area contributed by atoms with Crippen LogP contribution < -0.4 is 5.32 Å². The Balaban J connectivity index is 2.00. The molecule has 1 aromatic heterocycles. The summed E-state index contributed by atoms with van der Waals surface area (Å²) in [6, 6.07) is 7.23. The molecule has 8 heteroatoms. The Bertz CT molecular complexity index is 823. The summed E-state index contributed by atoms with van der Waals surface area (Å²) in [7, 11) is -2.24. The molecule has 130 valence electrons. The van der Waals surface area contributed by atoms with Gasteiger partial charge in [-0.2, -0.15) is 4.31 Å². The third-order valence-corrected chi connectivity index (χ3v) is 5.84. The van der Waals surface area contributed by atoms with Crippen molar-refractivity contribution in [3.8, 4) is 0 Å². The minimum atomic E-state index is -3.70. The van der Waals surface area contributed by atoms with Crippen molar-refractivity contribution in [2.75, 3.05) is 20.1 Å². The second kappa shape index (κ2) is 7.14. The van der Waals surface area contributed by atoms with Gasteiger partial charge in [-0.3, -0.25) is 4.79 Å². The van der Waals surface area contributed by atoms with Gasteiger partial charge in [0.2, 0.25) is 10.0 Å². The largest absolute Gasteiger partial charge is 0.360 e. The van der Waals surface area contributed by atoms with Crippen LogP contribution in [0.5, 0.6) is 0 Å². The number of aryl methyl sites for hydroxylation is 3. The third-order valence-electron chi connectivity index (χ3n) is 3.74. The maximum Gasteiger partial charge on any atom is 0.251 e. The summed E-state index contributed by atoms with van der Waals surface area (Å²) in [4.78, 5) is 12.2. The molecular formula is C16H21N3O4S. The summed E-state index contributed by atoms with van der Waals surface area (Å²) in [5.41, 5.74) is 1.77. The van der Waals surface area contributed by atoms with Gasteiger partial charge in [-0.25, -0.2) is 8.42 Å². The SMILES string of the molecule is Cc1ccccc1C(=O)NCCN(C)S(=O)(=O)c1c(C)noc1C. The molecule has 0 radical (unpaired) electrons. The van der Waals surface area contributed by atoms with E-state index in [9.17, 15) is 13.2 Å². The molecule has 0 spiro atoms. The van der Waals surface area contributed by atoms with Crippen molar-refractivity contribution < 1.29 is 17.7 Å². The number of carbonyl (C=O) groups excluding carboxylic acids is 1. The average molecular weight is 351 g/mol. The van der Waals surface area contributed by atoms with E-state index in [1.165, 1.54) is 11.4 Å². The van der Waals surface area contributed by atoms with Crippen molar-refractivity contribution in [1.29, 1.82) is 0 Å². The summed E-state index contributed by atoms with van der Waals surface area (Å²) in [5.74, 6) is 0.0273. The summed E-state index contributed by atoms with van der Waals surface area (Å²) >= 11 is 0. The maximum absolute atomic E-state index is 12.5. The van der Waals surface area contributed by atoms with Gasteiger partial charge in [0, 0.05) is 25.7 Å². The van der Waals surface area contributed by atoms with E-state index in [2.05, 4.69) is 10.5 Å². The Morgan fingerprint density at radius 3 is 2.50 bits per heavy atom. The van der Waals surface area contributed by atoms with Crippen molar-refractivity contribution >= 4 is 15.9 Å². The number of sulfonamides is 1. The van der Waals surface area contributed by atoms with E-state index in [0.717, 1.165) is 5.56 Å². The van der Waals surface area contributed by atoms with Crippen LogP contribution in [0, 0.1) is 20.8 Å². The van der Waals surface area contributed by atoms with Crippen LogP contribution in [0.15, 0.2) is 33.7 Å². The number of hydrogen-bond acceptors (Lipinski definition) is 5. The van der Waals surface area contributed by atoms with E-state index in [-0.39, 0.29) is 29.7 Å². The first-order chi connectivity index (χ1) is 11.2. The van der Waals surface area contributed by atoms with E-state index in [4.69, 9.17) is 4.52 Å². The van der Waals surface area contributed by atoms with Gasteiger partial charge in [0.15, 0.2) is 5.76 Å². The molecule has 0 aliphatic rings. The summed E-state index contributed by atoms with van der Waals surface area (Å²) in [5, 5.41) is 6.41. The van der Waals surface area contributed by atoms with Crippen LogP contribution in [-0.4, -0.2) is 43.9 Å². The van der Waals surface area contributed by atoms with E-state index in [1.807, 2.05) is 19.1 Å². The number of amides is 1. The molecule has 1 N–H and O–H groups in total. The molecule has 1 heterocycles. The fraction of sp³-hybridized carbons (Fsp3) is 0.375. The van der Waals surface area contributed by atoms with E-state index in [1.54, 1.807) is 26.0 Å². The molecule has 2 rings (SSSR count).